The molecule has 0 N–H and O–H groups in total. The fourth-order valence-electron chi connectivity index (χ4n) is 1.47. The fraction of sp³-hybridized carbons (Fsp3) is 0.500. The molecule has 78 valence electrons. The molecule has 1 aromatic carbocycles. The monoisotopic (exact) mass is 196 g/mol. The zero-order chi connectivity index (χ0) is 10.7. The second-order valence-electron chi connectivity index (χ2n) is 3.65. The minimum atomic E-state index is -0.200. The van der Waals surface area contributed by atoms with Crippen molar-refractivity contribution in [2.45, 2.75) is 33.1 Å². The normalized spacial score (nSPS) is 12.6. The molecule has 0 aliphatic rings. The van der Waals surface area contributed by atoms with E-state index in [0.717, 1.165) is 12.0 Å². The van der Waals surface area contributed by atoms with Gasteiger partial charge in [0, 0.05) is 6.07 Å². The molecule has 0 radical (unpaired) electrons. The molecule has 1 unspecified atom stereocenters. The summed E-state index contributed by atoms with van der Waals surface area (Å²) in [5.74, 6) is 0.862. The van der Waals surface area contributed by atoms with E-state index in [0.29, 0.717) is 17.2 Å². The molecular weight excluding hydrogens is 179 g/mol. The van der Waals surface area contributed by atoms with E-state index >= 15 is 0 Å². The molecule has 0 spiro atoms. The Morgan fingerprint density at radius 1 is 1.43 bits per heavy atom. The Balaban J connectivity index is 3.19. The lowest BCUT2D eigenvalue weighted by Crippen LogP contribution is -1.99. The van der Waals surface area contributed by atoms with Gasteiger partial charge in [-0.25, -0.2) is 4.39 Å². The molecular formula is C12H17FO. The van der Waals surface area contributed by atoms with Gasteiger partial charge in [-0.2, -0.15) is 0 Å². The highest BCUT2D eigenvalue weighted by molar-refractivity contribution is 5.40. The van der Waals surface area contributed by atoms with Gasteiger partial charge in [0.05, 0.1) is 7.11 Å². The van der Waals surface area contributed by atoms with Crippen LogP contribution in [-0.4, -0.2) is 7.11 Å². The lowest BCUT2D eigenvalue weighted by Gasteiger charge is -2.15. The Hall–Kier alpha value is -1.05. The molecule has 0 saturated carbocycles. The second kappa shape index (κ2) is 4.45. The Kier molecular flexibility index (Phi) is 3.50. The second-order valence-corrected chi connectivity index (χ2v) is 3.65. The van der Waals surface area contributed by atoms with Crippen molar-refractivity contribution in [1.29, 1.82) is 0 Å². The van der Waals surface area contributed by atoms with E-state index in [-0.39, 0.29) is 5.82 Å². The van der Waals surface area contributed by atoms with Crippen LogP contribution in [-0.2, 0) is 0 Å². The molecule has 0 heterocycles. The van der Waals surface area contributed by atoms with Gasteiger partial charge in [0.2, 0.25) is 0 Å². The molecule has 0 amide bonds. The van der Waals surface area contributed by atoms with E-state index in [9.17, 15) is 4.39 Å². The molecule has 1 rings (SSSR count). The first kappa shape index (κ1) is 11.0. The van der Waals surface area contributed by atoms with Crippen LogP contribution in [0.4, 0.5) is 4.39 Å². The van der Waals surface area contributed by atoms with Gasteiger partial charge in [-0.05, 0) is 36.5 Å². The van der Waals surface area contributed by atoms with Crippen molar-refractivity contribution in [3.63, 3.8) is 0 Å². The topological polar surface area (TPSA) is 9.23 Å². The van der Waals surface area contributed by atoms with E-state index < -0.39 is 0 Å². The lowest BCUT2D eigenvalue weighted by molar-refractivity contribution is 0.402. The summed E-state index contributed by atoms with van der Waals surface area (Å²) >= 11 is 0. The summed E-state index contributed by atoms with van der Waals surface area (Å²) in [6.45, 7) is 6.01. The molecule has 0 aliphatic carbocycles. The largest absolute Gasteiger partial charge is 0.496 e. The Morgan fingerprint density at radius 2 is 2.07 bits per heavy atom. The predicted octanol–water partition coefficient (Wildman–Crippen LogP) is 3.66. The van der Waals surface area contributed by atoms with Crippen LogP contribution >= 0.6 is 0 Å². The van der Waals surface area contributed by atoms with Crippen molar-refractivity contribution in [2.24, 2.45) is 0 Å². The summed E-state index contributed by atoms with van der Waals surface area (Å²) in [6.07, 6.45) is 1.03. The number of methoxy groups -OCH3 is 1. The molecule has 1 aromatic rings. The minimum Gasteiger partial charge on any atom is -0.496 e. The van der Waals surface area contributed by atoms with Crippen LogP contribution in [0.25, 0.3) is 0 Å². The van der Waals surface area contributed by atoms with Gasteiger partial charge < -0.3 is 4.74 Å². The van der Waals surface area contributed by atoms with Crippen molar-refractivity contribution in [2.75, 3.05) is 7.11 Å². The minimum absolute atomic E-state index is 0.200. The number of rotatable bonds is 3. The number of benzene rings is 1. The van der Waals surface area contributed by atoms with Gasteiger partial charge in [0.15, 0.2) is 0 Å². The van der Waals surface area contributed by atoms with Crippen LogP contribution in [0.2, 0.25) is 0 Å². The first-order valence-electron chi connectivity index (χ1n) is 4.94. The number of halogens is 1. The fourth-order valence-corrected chi connectivity index (χ4v) is 1.47. The van der Waals surface area contributed by atoms with Gasteiger partial charge in [-0.1, -0.05) is 13.8 Å². The Labute approximate surface area is 84.9 Å². The standard InChI is InChI=1S/C12H17FO/c1-5-8(2)10-6-9(3)11(13)7-12(10)14-4/h6-8H,5H2,1-4H3. The van der Waals surface area contributed by atoms with Crippen LogP contribution in [0.5, 0.6) is 5.75 Å². The van der Waals surface area contributed by atoms with Gasteiger partial charge >= 0.3 is 0 Å². The molecule has 1 nitrogen and oxygen atoms in total. The Bertz CT molecular complexity index is 320. The SMILES string of the molecule is CCC(C)c1cc(C)c(F)cc1OC. The molecule has 1 atom stereocenters. The zero-order valence-corrected chi connectivity index (χ0v) is 9.23. The van der Waals surface area contributed by atoms with Crippen molar-refractivity contribution >= 4 is 0 Å². The van der Waals surface area contributed by atoms with Crippen molar-refractivity contribution in [1.82, 2.24) is 0 Å². The maximum absolute atomic E-state index is 13.2. The average Bonchev–Trinajstić information content (AvgIpc) is 2.20. The van der Waals surface area contributed by atoms with Gasteiger partial charge in [0.1, 0.15) is 11.6 Å². The highest BCUT2D eigenvalue weighted by Gasteiger charge is 2.12. The van der Waals surface area contributed by atoms with Crippen LogP contribution in [0.1, 0.15) is 37.3 Å². The van der Waals surface area contributed by atoms with Gasteiger partial charge in [0.25, 0.3) is 0 Å². The average molecular weight is 196 g/mol. The van der Waals surface area contributed by atoms with E-state index in [1.807, 2.05) is 6.07 Å². The van der Waals surface area contributed by atoms with Gasteiger partial charge in [-0.15, -0.1) is 0 Å². The van der Waals surface area contributed by atoms with Crippen LogP contribution in [0.3, 0.4) is 0 Å². The molecule has 0 bridgehead atoms. The van der Waals surface area contributed by atoms with Crippen molar-refractivity contribution in [3.8, 4) is 5.75 Å². The van der Waals surface area contributed by atoms with Crippen LogP contribution in [0.15, 0.2) is 12.1 Å². The molecule has 14 heavy (non-hydrogen) atoms. The van der Waals surface area contributed by atoms with E-state index in [1.54, 1.807) is 14.0 Å². The van der Waals surface area contributed by atoms with Crippen molar-refractivity contribution < 1.29 is 9.13 Å². The Morgan fingerprint density at radius 3 is 2.57 bits per heavy atom. The van der Waals surface area contributed by atoms with E-state index in [4.69, 9.17) is 4.74 Å². The lowest BCUT2D eigenvalue weighted by atomic mass is 9.96. The maximum Gasteiger partial charge on any atom is 0.129 e. The summed E-state index contributed by atoms with van der Waals surface area (Å²) in [5, 5.41) is 0. The molecule has 0 saturated heterocycles. The van der Waals surface area contributed by atoms with Crippen molar-refractivity contribution in [3.05, 3.63) is 29.1 Å². The first-order chi connectivity index (χ1) is 6.60. The summed E-state index contributed by atoms with van der Waals surface area (Å²) in [5.41, 5.74) is 1.77. The molecule has 0 fully saturated rings. The van der Waals surface area contributed by atoms with E-state index in [1.165, 1.54) is 6.07 Å². The maximum atomic E-state index is 13.2. The predicted molar refractivity (Wildman–Crippen MR) is 56.4 cm³/mol. The zero-order valence-electron chi connectivity index (χ0n) is 9.23. The number of hydrogen-bond acceptors (Lipinski definition) is 1. The highest BCUT2D eigenvalue weighted by Crippen LogP contribution is 2.30. The number of ether oxygens (including phenoxy) is 1. The summed E-state index contributed by atoms with van der Waals surface area (Å²) in [4.78, 5) is 0. The van der Waals surface area contributed by atoms with Crippen LogP contribution in [0, 0.1) is 12.7 Å². The summed E-state index contributed by atoms with van der Waals surface area (Å²) in [7, 11) is 1.58. The molecule has 0 aromatic heterocycles. The number of aryl methyl sites for hydroxylation is 1. The summed E-state index contributed by atoms with van der Waals surface area (Å²) < 4.78 is 18.4. The third-order valence-electron chi connectivity index (χ3n) is 2.65. The third-order valence-corrected chi connectivity index (χ3v) is 2.65. The van der Waals surface area contributed by atoms with Gasteiger partial charge in [-0.3, -0.25) is 0 Å². The molecule has 0 aliphatic heterocycles. The van der Waals surface area contributed by atoms with E-state index in [2.05, 4.69) is 13.8 Å². The first-order valence-corrected chi connectivity index (χ1v) is 4.94. The molecule has 2 heteroatoms. The summed E-state index contributed by atoms with van der Waals surface area (Å²) in [6, 6.07) is 3.35. The quantitative estimate of drug-likeness (QED) is 0.717. The smallest absolute Gasteiger partial charge is 0.129 e. The highest BCUT2D eigenvalue weighted by atomic mass is 19.1. The third kappa shape index (κ3) is 2.06. The van der Waals surface area contributed by atoms with Crippen LogP contribution < -0.4 is 4.74 Å². The number of hydrogen-bond donors (Lipinski definition) is 0.